The smallest absolute Gasteiger partial charge is 0.398 e. The molecular weight excluding hydrogens is 489 g/mol. The Morgan fingerprint density at radius 1 is 1.09 bits per heavy atom. The van der Waals surface area contributed by atoms with Crippen LogP contribution in [0.15, 0.2) is 47.4 Å². The van der Waals surface area contributed by atoms with Gasteiger partial charge in [-0.15, -0.1) is 0 Å². The molecule has 1 heterocycles. The lowest BCUT2D eigenvalue weighted by atomic mass is 9.96. The Labute approximate surface area is 205 Å². The van der Waals surface area contributed by atoms with E-state index in [1.165, 1.54) is 24.3 Å². The van der Waals surface area contributed by atoms with E-state index in [4.69, 9.17) is 17.3 Å². The van der Waals surface area contributed by atoms with E-state index in [0.717, 1.165) is 31.5 Å². The summed E-state index contributed by atoms with van der Waals surface area (Å²) in [5.41, 5.74) is 2.97. The Morgan fingerprint density at radius 3 is 2.41 bits per heavy atom. The Kier molecular flexibility index (Phi) is 9.10. The van der Waals surface area contributed by atoms with E-state index in [0.29, 0.717) is 24.0 Å². The molecular formula is C23H26ClF3N4O2S. The SMILES string of the molecule is Nc1ccc(Cl)cc1C(=O)NCC(=O)NCC1CCN(Cc2ccc(SC(F)(F)F)cc2)CC1. The molecule has 184 valence electrons. The van der Waals surface area contributed by atoms with Gasteiger partial charge < -0.3 is 16.4 Å². The van der Waals surface area contributed by atoms with Gasteiger partial charge in [0.05, 0.1) is 12.1 Å². The summed E-state index contributed by atoms with van der Waals surface area (Å²) in [7, 11) is 0. The Bertz CT molecular complexity index is 997. The molecule has 0 aromatic heterocycles. The molecule has 1 fully saturated rings. The number of alkyl halides is 3. The van der Waals surface area contributed by atoms with Crippen LogP contribution in [0.4, 0.5) is 18.9 Å². The van der Waals surface area contributed by atoms with Crippen molar-refractivity contribution in [2.45, 2.75) is 29.8 Å². The average molecular weight is 515 g/mol. The predicted octanol–water partition coefficient (Wildman–Crippen LogP) is 4.29. The molecule has 0 aliphatic carbocycles. The third kappa shape index (κ3) is 8.41. The van der Waals surface area contributed by atoms with Gasteiger partial charge in [0.15, 0.2) is 0 Å². The number of nitrogens with zero attached hydrogens (tertiary/aromatic N) is 1. The first-order valence-corrected chi connectivity index (χ1v) is 12.0. The van der Waals surface area contributed by atoms with Gasteiger partial charge in [-0.3, -0.25) is 14.5 Å². The highest BCUT2D eigenvalue weighted by molar-refractivity contribution is 8.00. The fraction of sp³-hybridized carbons (Fsp3) is 0.391. The molecule has 0 spiro atoms. The third-order valence-electron chi connectivity index (χ3n) is 5.53. The van der Waals surface area contributed by atoms with E-state index in [9.17, 15) is 22.8 Å². The molecule has 11 heteroatoms. The number of nitrogens with two attached hydrogens (primary N) is 1. The van der Waals surface area contributed by atoms with Crippen LogP contribution in [-0.4, -0.2) is 48.4 Å². The first-order chi connectivity index (χ1) is 16.1. The maximum absolute atomic E-state index is 12.4. The summed E-state index contributed by atoms with van der Waals surface area (Å²) >= 11 is 5.77. The molecule has 2 amide bonds. The van der Waals surface area contributed by atoms with Crippen molar-refractivity contribution in [3.8, 4) is 0 Å². The normalized spacial score (nSPS) is 15.2. The highest BCUT2D eigenvalue weighted by atomic mass is 35.5. The number of piperidine rings is 1. The number of halogens is 4. The van der Waals surface area contributed by atoms with E-state index in [1.807, 2.05) is 0 Å². The number of carbonyl (C=O) groups excluding carboxylic acids is 2. The zero-order valence-electron chi connectivity index (χ0n) is 18.3. The minimum absolute atomic E-state index is 0.114. The van der Waals surface area contributed by atoms with Crippen molar-refractivity contribution in [3.05, 3.63) is 58.6 Å². The summed E-state index contributed by atoms with van der Waals surface area (Å²) < 4.78 is 37.3. The lowest BCUT2D eigenvalue weighted by Crippen LogP contribution is -2.41. The number of carbonyl (C=O) groups is 2. The molecule has 1 saturated heterocycles. The molecule has 0 bridgehead atoms. The zero-order valence-corrected chi connectivity index (χ0v) is 19.9. The molecule has 6 nitrogen and oxygen atoms in total. The van der Waals surface area contributed by atoms with Crippen LogP contribution >= 0.6 is 23.4 Å². The lowest BCUT2D eigenvalue weighted by Gasteiger charge is -2.32. The number of hydrogen-bond acceptors (Lipinski definition) is 5. The van der Waals surface area contributed by atoms with Gasteiger partial charge in [0.2, 0.25) is 5.91 Å². The van der Waals surface area contributed by atoms with Gasteiger partial charge in [0, 0.05) is 28.7 Å². The highest BCUT2D eigenvalue weighted by Gasteiger charge is 2.29. The van der Waals surface area contributed by atoms with Crippen molar-refractivity contribution >= 4 is 40.9 Å². The van der Waals surface area contributed by atoms with E-state index in [1.54, 1.807) is 18.2 Å². The number of thioether (sulfide) groups is 1. The van der Waals surface area contributed by atoms with Gasteiger partial charge in [0.1, 0.15) is 0 Å². The summed E-state index contributed by atoms with van der Waals surface area (Å²) in [6.07, 6.45) is 1.79. The second-order valence-corrected chi connectivity index (χ2v) is 9.70. The van der Waals surface area contributed by atoms with Crippen molar-refractivity contribution in [3.63, 3.8) is 0 Å². The van der Waals surface area contributed by atoms with Crippen LogP contribution in [0, 0.1) is 5.92 Å². The first-order valence-electron chi connectivity index (χ1n) is 10.8. The van der Waals surface area contributed by atoms with Gasteiger partial charge in [-0.05, 0) is 79.5 Å². The molecule has 34 heavy (non-hydrogen) atoms. The molecule has 2 aromatic carbocycles. The van der Waals surface area contributed by atoms with Crippen LogP contribution in [0.2, 0.25) is 5.02 Å². The summed E-state index contributed by atoms with van der Waals surface area (Å²) in [6, 6.07) is 11.0. The van der Waals surface area contributed by atoms with Crippen molar-refractivity contribution in [1.29, 1.82) is 0 Å². The number of nitrogen functional groups attached to an aromatic ring is 1. The van der Waals surface area contributed by atoms with Crippen LogP contribution in [0.5, 0.6) is 0 Å². The molecule has 0 unspecified atom stereocenters. The van der Waals surface area contributed by atoms with E-state index < -0.39 is 11.4 Å². The fourth-order valence-corrected chi connectivity index (χ4v) is 4.42. The maximum Gasteiger partial charge on any atom is 0.446 e. The summed E-state index contributed by atoms with van der Waals surface area (Å²) in [6.45, 7) is 2.71. The van der Waals surface area contributed by atoms with Crippen LogP contribution in [0.25, 0.3) is 0 Å². The number of amides is 2. The summed E-state index contributed by atoms with van der Waals surface area (Å²) in [5.74, 6) is -0.424. The van der Waals surface area contributed by atoms with E-state index in [2.05, 4.69) is 15.5 Å². The summed E-state index contributed by atoms with van der Waals surface area (Å²) in [5, 5.41) is 5.78. The molecule has 0 saturated carbocycles. The molecule has 0 radical (unpaired) electrons. The standard InChI is InChI=1S/C23H26ClF3N4O2S/c24-17-3-6-20(28)19(11-17)22(33)30-13-21(32)29-12-15-7-9-31(10-8-15)14-16-1-4-18(5-2-16)34-23(25,26)27/h1-6,11,15H,7-10,12-14,28H2,(H,29,32)(H,30,33). The topological polar surface area (TPSA) is 87.5 Å². The Morgan fingerprint density at radius 2 is 1.76 bits per heavy atom. The number of rotatable bonds is 8. The highest BCUT2D eigenvalue weighted by Crippen LogP contribution is 2.36. The molecule has 1 aliphatic rings. The van der Waals surface area contributed by atoms with Crippen molar-refractivity contribution in [1.82, 2.24) is 15.5 Å². The monoisotopic (exact) mass is 514 g/mol. The molecule has 2 aromatic rings. The largest absolute Gasteiger partial charge is 0.446 e. The van der Waals surface area contributed by atoms with Crippen molar-refractivity contribution in [2.75, 3.05) is 31.9 Å². The minimum atomic E-state index is -4.28. The number of anilines is 1. The van der Waals surface area contributed by atoms with Crippen LogP contribution in [0.3, 0.4) is 0 Å². The number of nitrogens with one attached hydrogen (secondary N) is 2. The number of hydrogen-bond donors (Lipinski definition) is 3. The van der Waals surface area contributed by atoms with Gasteiger partial charge in [-0.1, -0.05) is 23.7 Å². The van der Waals surface area contributed by atoms with E-state index in [-0.39, 0.29) is 40.4 Å². The van der Waals surface area contributed by atoms with E-state index >= 15 is 0 Å². The quantitative estimate of drug-likeness (QED) is 0.361. The van der Waals surface area contributed by atoms with Gasteiger partial charge in [-0.2, -0.15) is 13.2 Å². The van der Waals surface area contributed by atoms with Gasteiger partial charge >= 0.3 is 5.51 Å². The molecule has 1 aliphatic heterocycles. The van der Waals surface area contributed by atoms with Crippen molar-refractivity contribution in [2.24, 2.45) is 5.92 Å². The first kappa shape index (κ1) is 26.2. The second kappa shape index (κ2) is 11.8. The third-order valence-corrected chi connectivity index (χ3v) is 6.50. The number of benzene rings is 2. The average Bonchev–Trinajstić information content (AvgIpc) is 2.79. The molecule has 3 rings (SSSR count). The van der Waals surface area contributed by atoms with Gasteiger partial charge in [0.25, 0.3) is 5.91 Å². The molecule has 0 atom stereocenters. The van der Waals surface area contributed by atoms with Crippen LogP contribution in [0.1, 0.15) is 28.8 Å². The minimum Gasteiger partial charge on any atom is -0.398 e. The van der Waals surface area contributed by atoms with Gasteiger partial charge in [-0.25, -0.2) is 0 Å². The number of likely N-dealkylation sites (tertiary alicyclic amines) is 1. The fourth-order valence-electron chi connectivity index (χ4n) is 3.71. The second-order valence-electron chi connectivity index (χ2n) is 8.13. The summed E-state index contributed by atoms with van der Waals surface area (Å²) in [4.78, 5) is 26.8. The van der Waals surface area contributed by atoms with Crippen LogP contribution < -0.4 is 16.4 Å². The zero-order chi connectivity index (χ0) is 24.7. The lowest BCUT2D eigenvalue weighted by molar-refractivity contribution is -0.120. The maximum atomic E-state index is 12.4. The van der Waals surface area contributed by atoms with Crippen molar-refractivity contribution < 1.29 is 22.8 Å². The molecule has 4 N–H and O–H groups in total. The Hall–Kier alpha value is -2.43. The Balaban J connectivity index is 1.34. The predicted molar refractivity (Wildman–Crippen MR) is 128 cm³/mol. The van der Waals surface area contributed by atoms with Crippen LogP contribution in [-0.2, 0) is 11.3 Å².